The Hall–Kier alpha value is -1.81. The Bertz CT molecular complexity index is 1130. The van der Waals surface area contributed by atoms with Gasteiger partial charge in [-0.05, 0) is 43.2 Å². The van der Waals surface area contributed by atoms with Crippen LogP contribution in [0.1, 0.15) is 12.8 Å². The van der Waals surface area contributed by atoms with Gasteiger partial charge in [-0.25, -0.2) is 17.2 Å². The van der Waals surface area contributed by atoms with Crippen LogP contribution in [0.4, 0.5) is 8.78 Å². The first-order chi connectivity index (χ1) is 13.3. The van der Waals surface area contributed by atoms with E-state index >= 15 is 0 Å². The maximum atomic E-state index is 13.8. The van der Waals surface area contributed by atoms with Crippen molar-refractivity contribution in [2.24, 2.45) is 0 Å². The highest BCUT2D eigenvalue weighted by Gasteiger charge is 2.31. The first kappa shape index (κ1) is 19.5. The highest BCUT2D eigenvalue weighted by molar-refractivity contribution is 7.89. The smallest absolute Gasteiger partial charge is 0.274 e. The van der Waals surface area contributed by atoms with E-state index in [2.05, 4.69) is 4.98 Å². The van der Waals surface area contributed by atoms with Crippen molar-refractivity contribution in [3.63, 3.8) is 0 Å². The minimum atomic E-state index is -3.76. The standard InChI is InChI=1S/C18H15ClF2N2O3S2/c19-13-10-12(4-5-14(13)20)28(24,25)23-8-6-11(7-9-23)26-18-22-17-15(21)2-1-3-16(17)27-18/h1-5,10-11H,6-9H2. The second-order valence-corrected chi connectivity index (χ2v) is 9.70. The Morgan fingerprint density at radius 2 is 1.89 bits per heavy atom. The molecular weight excluding hydrogens is 430 g/mol. The zero-order valence-corrected chi connectivity index (χ0v) is 16.8. The van der Waals surface area contributed by atoms with Crippen molar-refractivity contribution in [3.05, 3.63) is 53.1 Å². The molecule has 1 aliphatic rings. The zero-order valence-electron chi connectivity index (χ0n) is 14.4. The lowest BCUT2D eigenvalue weighted by atomic mass is 10.1. The summed E-state index contributed by atoms with van der Waals surface area (Å²) < 4.78 is 60.4. The number of ether oxygens (including phenoxy) is 1. The molecule has 4 rings (SSSR count). The number of sulfonamides is 1. The van der Waals surface area contributed by atoms with Crippen LogP contribution >= 0.6 is 22.9 Å². The summed E-state index contributed by atoms with van der Waals surface area (Å²) in [4.78, 5) is 4.14. The Morgan fingerprint density at radius 3 is 2.57 bits per heavy atom. The van der Waals surface area contributed by atoms with E-state index in [-0.39, 0.29) is 34.6 Å². The third kappa shape index (κ3) is 3.71. The third-order valence-electron chi connectivity index (χ3n) is 4.55. The van der Waals surface area contributed by atoms with E-state index in [9.17, 15) is 17.2 Å². The molecular formula is C18H15ClF2N2O3S2. The molecule has 0 saturated carbocycles. The highest BCUT2D eigenvalue weighted by Crippen LogP contribution is 2.32. The Kier molecular flexibility index (Phi) is 5.26. The average molecular weight is 445 g/mol. The molecule has 0 spiro atoms. The van der Waals surface area contributed by atoms with Gasteiger partial charge in [0, 0.05) is 13.1 Å². The van der Waals surface area contributed by atoms with Crippen LogP contribution in [0, 0.1) is 11.6 Å². The second kappa shape index (κ2) is 7.55. The monoisotopic (exact) mass is 444 g/mol. The molecule has 0 radical (unpaired) electrons. The number of piperidine rings is 1. The largest absolute Gasteiger partial charge is 0.467 e. The average Bonchev–Trinajstić information content (AvgIpc) is 3.08. The molecule has 28 heavy (non-hydrogen) atoms. The minimum Gasteiger partial charge on any atom is -0.467 e. The van der Waals surface area contributed by atoms with Crippen LogP contribution in [0.5, 0.6) is 5.19 Å². The van der Waals surface area contributed by atoms with E-state index in [0.717, 1.165) is 12.1 Å². The van der Waals surface area contributed by atoms with Crippen LogP contribution in [-0.4, -0.2) is 36.9 Å². The molecule has 148 valence electrons. The number of halogens is 3. The van der Waals surface area contributed by atoms with Crippen LogP contribution in [0.3, 0.4) is 0 Å². The number of thiazole rings is 1. The molecule has 2 aromatic carbocycles. The molecule has 1 aliphatic heterocycles. The molecule has 0 bridgehead atoms. The predicted molar refractivity (Wildman–Crippen MR) is 103 cm³/mol. The number of rotatable bonds is 4. The van der Waals surface area contributed by atoms with Gasteiger partial charge in [-0.3, -0.25) is 0 Å². The van der Waals surface area contributed by atoms with Crippen LogP contribution in [0.15, 0.2) is 41.3 Å². The number of nitrogens with zero attached hydrogens (tertiary/aromatic N) is 2. The topological polar surface area (TPSA) is 59.5 Å². The number of benzene rings is 2. The van der Waals surface area contributed by atoms with Gasteiger partial charge in [0.25, 0.3) is 5.19 Å². The fourth-order valence-electron chi connectivity index (χ4n) is 3.06. The lowest BCUT2D eigenvalue weighted by Gasteiger charge is -2.30. The Balaban J connectivity index is 1.43. The van der Waals surface area contributed by atoms with Gasteiger partial charge < -0.3 is 4.74 Å². The van der Waals surface area contributed by atoms with E-state index < -0.39 is 21.7 Å². The van der Waals surface area contributed by atoms with Gasteiger partial charge in [0.2, 0.25) is 10.0 Å². The maximum Gasteiger partial charge on any atom is 0.274 e. The van der Waals surface area contributed by atoms with Crippen molar-refractivity contribution >= 4 is 43.2 Å². The van der Waals surface area contributed by atoms with Crippen LogP contribution in [0.2, 0.25) is 5.02 Å². The molecule has 1 aromatic heterocycles. The molecule has 1 fully saturated rings. The van der Waals surface area contributed by atoms with Crippen molar-refractivity contribution in [2.75, 3.05) is 13.1 Å². The van der Waals surface area contributed by atoms with Gasteiger partial charge in [0.05, 0.1) is 14.6 Å². The van der Waals surface area contributed by atoms with E-state index in [0.29, 0.717) is 22.7 Å². The fourth-order valence-corrected chi connectivity index (χ4v) is 5.70. The number of para-hydroxylation sites is 1. The molecule has 0 amide bonds. The van der Waals surface area contributed by atoms with Gasteiger partial charge in [0.15, 0.2) is 0 Å². The summed E-state index contributed by atoms with van der Waals surface area (Å²) in [6.45, 7) is 0.502. The highest BCUT2D eigenvalue weighted by atomic mass is 35.5. The van der Waals surface area contributed by atoms with Crippen molar-refractivity contribution in [1.29, 1.82) is 0 Å². The van der Waals surface area contributed by atoms with E-state index in [1.54, 1.807) is 12.1 Å². The summed E-state index contributed by atoms with van der Waals surface area (Å²) in [6, 6.07) is 8.09. The van der Waals surface area contributed by atoms with E-state index in [4.69, 9.17) is 16.3 Å². The zero-order chi connectivity index (χ0) is 19.9. The molecule has 0 aliphatic carbocycles. The normalized spacial score (nSPS) is 16.5. The van der Waals surface area contributed by atoms with Gasteiger partial charge >= 0.3 is 0 Å². The summed E-state index contributed by atoms with van der Waals surface area (Å²) in [7, 11) is -3.76. The van der Waals surface area contributed by atoms with Gasteiger partial charge in [-0.1, -0.05) is 29.0 Å². The molecule has 5 nitrogen and oxygen atoms in total. The predicted octanol–water partition coefficient (Wildman–Crippen LogP) is 4.46. The molecule has 1 saturated heterocycles. The molecule has 0 atom stereocenters. The summed E-state index contributed by atoms with van der Waals surface area (Å²) in [5.41, 5.74) is 0.274. The first-order valence-corrected chi connectivity index (χ1v) is 11.1. The van der Waals surface area contributed by atoms with Crippen molar-refractivity contribution in [2.45, 2.75) is 23.8 Å². The molecule has 0 N–H and O–H groups in total. The Labute approximate surface area is 169 Å². The summed E-state index contributed by atoms with van der Waals surface area (Å²) >= 11 is 6.96. The fraction of sp³-hybridized carbons (Fsp3) is 0.278. The van der Waals surface area contributed by atoms with Crippen molar-refractivity contribution in [1.82, 2.24) is 9.29 Å². The number of fused-ring (bicyclic) bond motifs is 1. The number of aromatic nitrogens is 1. The lowest BCUT2D eigenvalue weighted by molar-refractivity contribution is 0.135. The summed E-state index contributed by atoms with van der Waals surface area (Å²) in [5.74, 6) is -1.07. The summed E-state index contributed by atoms with van der Waals surface area (Å²) in [5, 5.41) is 0.133. The van der Waals surface area contributed by atoms with Crippen LogP contribution < -0.4 is 4.74 Å². The first-order valence-electron chi connectivity index (χ1n) is 8.51. The second-order valence-electron chi connectivity index (χ2n) is 6.36. The van der Waals surface area contributed by atoms with Gasteiger partial charge in [-0.2, -0.15) is 9.29 Å². The Morgan fingerprint density at radius 1 is 1.14 bits per heavy atom. The van der Waals surface area contributed by atoms with Crippen molar-refractivity contribution in [3.8, 4) is 5.19 Å². The van der Waals surface area contributed by atoms with E-state index in [1.165, 1.54) is 27.8 Å². The lowest BCUT2D eigenvalue weighted by Crippen LogP contribution is -2.41. The quantitative estimate of drug-likeness (QED) is 0.596. The third-order valence-corrected chi connectivity index (χ3v) is 7.64. The molecule has 0 unspecified atom stereocenters. The minimum absolute atomic E-state index is 0.0417. The van der Waals surface area contributed by atoms with Gasteiger partial charge in [0.1, 0.15) is 23.3 Å². The maximum absolute atomic E-state index is 13.8. The molecule has 3 aromatic rings. The van der Waals surface area contributed by atoms with Crippen molar-refractivity contribution < 1.29 is 21.9 Å². The molecule has 10 heteroatoms. The SMILES string of the molecule is O=S(=O)(c1ccc(F)c(Cl)c1)N1CCC(Oc2nc3c(F)cccc3s2)CC1. The number of hydrogen-bond acceptors (Lipinski definition) is 5. The van der Waals surface area contributed by atoms with Crippen LogP contribution in [0.25, 0.3) is 10.2 Å². The number of hydrogen-bond donors (Lipinski definition) is 0. The van der Waals surface area contributed by atoms with E-state index in [1.807, 2.05) is 0 Å². The van der Waals surface area contributed by atoms with Gasteiger partial charge in [-0.15, -0.1) is 0 Å². The molecule has 2 heterocycles. The van der Waals surface area contributed by atoms with Crippen LogP contribution in [-0.2, 0) is 10.0 Å². The summed E-state index contributed by atoms with van der Waals surface area (Å²) in [6.07, 6.45) is 0.714.